The van der Waals surface area contributed by atoms with Gasteiger partial charge in [0.15, 0.2) is 11.5 Å². The highest BCUT2D eigenvalue weighted by Crippen LogP contribution is 2.24. The first-order valence-electron chi connectivity index (χ1n) is 11.1. The van der Waals surface area contributed by atoms with Crippen molar-refractivity contribution in [3.63, 3.8) is 0 Å². The van der Waals surface area contributed by atoms with Crippen molar-refractivity contribution in [1.29, 1.82) is 5.41 Å². The van der Waals surface area contributed by atoms with Gasteiger partial charge in [0.1, 0.15) is 18.6 Å². The summed E-state index contributed by atoms with van der Waals surface area (Å²) in [7, 11) is 3.39. The highest BCUT2D eigenvalue weighted by Gasteiger charge is 2.35. The number of aromatic nitrogens is 2. The summed E-state index contributed by atoms with van der Waals surface area (Å²) in [6.45, 7) is -0.214. The average molecular weight is 509 g/mol. The highest BCUT2D eigenvalue weighted by atomic mass is 19.4. The molecular formula is C22H27F3N8O3. The Kier molecular flexibility index (Phi) is 8.64. The molecule has 1 saturated heterocycles. The molecule has 3 heterocycles. The topological polar surface area (TPSA) is 148 Å². The summed E-state index contributed by atoms with van der Waals surface area (Å²) < 4.78 is 42.7. The molecule has 2 aromatic rings. The number of pyridine rings is 1. The molecule has 3 rings (SSSR count). The molecule has 0 radical (unpaired) electrons. The monoisotopic (exact) mass is 508 g/mol. The van der Waals surface area contributed by atoms with Crippen molar-refractivity contribution in [1.82, 2.24) is 30.8 Å². The third-order valence-electron chi connectivity index (χ3n) is 5.33. The van der Waals surface area contributed by atoms with Gasteiger partial charge in [-0.05, 0) is 38.6 Å². The number of amides is 2. The van der Waals surface area contributed by atoms with E-state index in [1.807, 2.05) is 0 Å². The quantitative estimate of drug-likeness (QED) is 0.242. The van der Waals surface area contributed by atoms with Crippen molar-refractivity contribution in [2.75, 3.05) is 39.0 Å². The number of amidine groups is 1. The summed E-state index contributed by atoms with van der Waals surface area (Å²) in [5, 5.41) is 18.9. The molecule has 0 aromatic carbocycles. The number of oxazole rings is 1. The zero-order valence-corrected chi connectivity index (χ0v) is 19.7. The highest BCUT2D eigenvalue weighted by molar-refractivity contribution is 6.10. The first-order valence-corrected chi connectivity index (χ1v) is 11.1. The summed E-state index contributed by atoms with van der Waals surface area (Å²) in [4.78, 5) is 34.7. The molecular weight excluding hydrogens is 481 g/mol. The van der Waals surface area contributed by atoms with Gasteiger partial charge in [0.05, 0.1) is 5.70 Å². The van der Waals surface area contributed by atoms with Crippen LogP contribution in [-0.2, 0) is 4.79 Å². The fourth-order valence-electron chi connectivity index (χ4n) is 3.55. The number of rotatable bonds is 10. The maximum absolute atomic E-state index is 12.8. The van der Waals surface area contributed by atoms with Crippen LogP contribution in [0.5, 0.6) is 0 Å². The standard InChI is InChI=1S/C22H27F3N8O3/c1-27-6-3-13-5-8-33(21(13)35)18(26)15(10-28-2)31-19(34)16-11-36-20(32-16)14-4-7-29-17(9-14)30-12-22(23,24)25/h4,7,9-11,13,26-28H,3,5-6,8,12H2,1-2H3,(H,29,30)(H,31,34)/b15-10+,26-18?. The number of carbonyl (C=O) groups excluding carboxylic acids is 2. The number of anilines is 1. The molecule has 1 fully saturated rings. The zero-order valence-electron chi connectivity index (χ0n) is 19.7. The lowest BCUT2D eigenvalue weighted by atomic mass is 10.0. The Morgan fingerprint density at radius 2 is 2.14 bits per heavy atom. The van der Waals surface area contributed by atoms with Crippen molar-refractivity contribution in [3.8, 4) is 11.5 Å². The minimum absolute atomic E-state index is 0.00562. The lowest BCUT2D eigenvalue weighted by Gasteiger charge is -2.20. The van der Waals surface area contributed by atoms with Crippen LogP contribution in [0.1, 0.15) is 23.3 Å². The zero-order chi connectivity index (χ0) is 26.3. The van der Waals surface area contributed by atoms with Gasteiger partial charge < -0.3 is 25.7 Å². The van der Waals surface area contributed by atoms with Gasteiger partial charge in [-0.3, -0.25) is 19.9 Å². The third-order valence-corrected chi connectivity index (χ3v) is 5.33. The molecule has 1 aliphatic rings. The Morgan fingerprint density at radius 3 is 2.83 bits per heavy atom. The van der Waals surface area contributed by atoms with Gasteiger partial charge in [0.25, 0.3) is 5.91 Å². The number of nitrogens with zero attached hydrogens (tertiary/aromatic N) is 3. The molecule has 194 valence electrons. The summed E-state index contributed by atoms with van der Waals surface area (Å²) in [6.07, 6.45) is 0.610. The van der Waals surface area contributed by atoms with E-state index in [1.165, 1.54) is 29.4 Å². The molecule has 2 aromatic heterocycles. The normalized spacial score (nSPS) is 16.2. The number of alkyl halides is 3. The minimum Gasteiger partial charge on any atom is -0.444 e. The van der Waals surface area contributed by atoms with Crippen molar-refractivity contribution >= 4 is 23.5 Å². The summed E-state index contributed by atoms with van der Waals surface area (Å²) in [5.41, 5.74) is 0.251. The number of halogens is 3. The van der Waals surface area contributed by atoms with E-state index in [2.05, 4.69) is 31.2 Å². The van der Waals surface area contributed by atoms with Gasteiger partial charge in [-0.2, -0.15) is 13.2 Å². The number of carbonyl (C=O) groups is 2. The molecule has 0 bridgehead atoms. The largest absolute Gasteiger partial charge is 0.444 e. The van der Waals surface area contributed by atoms with Crippen LogP contribution in [0.3, 0.4) is 0 Å². The van der Waals surface area contributed by atoms with E-state index >= 15 is 0 Å². The van der Waals surface area contributed by atoms with Gasteiger partial charge in [-0.25, -0.2) is 9.97 Å². The van der Waals surface area contributed by atoms with Crippen LogP contribution < -0.4 is 21.3 Å². The van der Waals surface area contributed by atoms with Gasteiger partial charge in [0.2, 0.25) is 11.8 Å². The summed E-state index contributed by atoms with van der Waals surface area (Å²) in [6, 6.07) is 2.78. The lowest BCUT2D eigenvalue weighted by molar-refractivity contribution is -0.127. The molecule has 2 amide bonds. The SMILES string of the molecule is CN/C=C(/NC(=O)c1coc(-c2ccnc(NCC(F)(F)F)c2)n1)C(=N)N1CCC(CCNC)C1=O. The maximum Gasteiger partial charge on any atom is 0.405 e. The molecule has 36 heavy (non-hydrogen) atoms. The molecule has 5 N–H and O–H groups in total. The van der Waals surface area contributed by atoms with E-state index in [9.17, 15) is 22.8 Å². The van der Waals surface area contributed by atoms with E-state index in [0.29, 0.717) is 31.5 Å². The first-order chi connectivity index (χ1) is 17.1. The first kappa shape index (κ1) is 26.7. The van der Waals surface area contributed by atoms with Gasteiger partial charge in [-0.1, -0.05) is 0 Å². The molecule has 1 unspecified atom stereocenters. The second-order valence-corrected chi connectivity index (χ2v) is 7.95. The van der Waals surface area contributed by atoms with Crippen LogP contribution in [0.2, 0.25) is 0 Å². The molecule has 1 aliphatic heterocycles. The van der Waals surface area contributed by atoms with Crippen molar-refractivity contribution in [2.24, 2.45) is 5.92 Å². The summed E-state index contributed by atoms with van der Waals surface area (Å²) >= 11 is 0. The predicted octanol–water partition coefficient (Wildman–Crippen LogP) is 1.94. The fourth-order valence-corrected chi connectivity index (χ4v) is 3.55. The van der Waals surface area contributed by atoms with Crippen LogP contribution >= 0.6 is 0 Å². The Morgan fingerprint density at radius 1 is 1.36 bits per heavy atom. The minimum atomic E-state index is -4.41. The fraction of sp³-hybridized carbons (Fsp3) is 0.409. The van der Waals surface area contributed by atoms with E-state index in [1.54, 1.807) is 14.1 Å². The molecule has 0 saturated carbocycles. The Labute approximate surface area is 205 Å². The Bertz CT molecular complexity index is 1130. The molecule has 1 atom stereocenters. The van der Waals surface area contributed by atoms with Crippen LogP contribution in [-0.4, -0.2) is 72.4 Å². The molecule has 14 heteroatoms. The number of hydrogen-bond donors (Lipinski definition) is 5. The molecule has 11 nitrogen and oxygen atoms in total. The van der Waals surface area contributed by atoms with E-state index < -0.39 is 18.6 Å². The average Bonchev–Trinajstić information content (AvgIpc) is 3.48. The lowest BCUT2D eigenvalue weighted by Crippen LogP contribution is -2.40. The second-order valence-electron chi connectivity index (χ2n) is 7.95. The smallest absolute Gasteiger partial charge is 0.405 e. The van der Waals surface area contributed by atoms with Crippen LogP contribution in [0.15, 0.2) is 40.9 Å². The van der Waals surface area contributed by atoms with Crippen molar-refractivity contribution < 1.29 is 27.2 Å². The van der Waals surface area contributed by atoms with Crippen LogP contribution in [0, 0.1) is 11.3 Å². The molecule has 0 spiro atoms. The number of hydrogen-bond acceptors (Lipinski definition) is 9. The predicted molar refractivity (Wildman–Crippen MR) is 125 cm³/mol. The number of likely N-dealkylation sites (tertiary alicyclic amines) is 1. The number of nitrogens with one attached hydrogen (secondary N) is 5. The van der Waals surface area contributed by atoms with Gasteiger partial charge in [-0.15, -0.1) is 0 Å². The van der Waals surface area contributed by atoms with E-state index in [-0.39, 0.29) is 40.8 Å². The van der Waals surface area contributed by atoms with E-state index in [4.69, 9.17) is 9.83 Å². The van der Waals surface area contributed by atoms with Crippen LogP contribution in [0.4, 0.5) is 19.0 Å². The van der Waals surface area contributed by atoms with E-state index in [0.717, 1.165) is 6.26 Å². The van der Waals surface area contributed by atoms with Crippen LogP contribution in [0.25, 0.3) is 11.5 Å². The third kappa shape index (κ3) is 6.81. The Hall–Kier alpha value is -3.94. The van der Waals surface area contributed by atoms with Crippen molar-refractivity contribution in [2.45, 2.75) is 19.0 Å². The van der Waals surface area contributed by atoms with Gasteiger partial charge in [0, 0.05) is 37.5 Å². The molecule has 0 aliphatic carbocycles. The summed E-state index contributed by atoms with van der Waals surface area (Å²) in [5.74, 6) is -1.27. The Balaban J connectivity index is 1.68. The maximum atomic E-state index is 12.8. The van der Waals surface area contributed by atoms with Gasteiger partial charge >= 0.3 is 6.18 Å². The van der Waals surface area contributed by atoms with Crippen molar-refractivity contribution in [3.05, 3.63) is 42.2 Å². The second kappa shape index (κ2) is 11.7.